The molecule has 0 saturated carbocycles. The largest absolute Gasteiger partial charge is 0.315 e. The first-order valence-electron chi connectivity index (χ1n) is 5.51. The summed E-state index contributed by atoms with van der Waals surface area (Å²) in [6.07, 6.45) is 0. The Morgan fingerprint density at radius 3 is 2.62 bits per heavy atom. The van der Waals surface area contributed by atoms with Gasteiger partial charge in [-0.3, -0.25) is 0 Å². The third-order valence-electron chi connectivity index (χ3n) is 2.34. The van der Waals surface area contributed by atoms with Crippen LogP contribution in [0.1, 0.15) is 19.4 Å². The lowest BCUT2D eigenvalue weighted by atomic mass is 10.2. The van der Waals surface area contributed by atoms with Gasteiger partial charge in [-0.15, -0.1) is 0 Å². The number of hydrogen-bond donors (Lipinski definition) is 2. The second-order valence-electron chi connectivity index (χ2n) is 3.84. The highest BCUT2D eigenvalue weighted by Gasteiger charge is 2.04. The Kier molecular flexibility index (Phi) is 5.35. The smallest absolute Gasteiger partial charge is 0.159 e. The predicted octanol–water partition coefficient (Wildman–Crippen LogP) is 2.05. The molecule has 4 heteroatoms. The SMILES string of the molecule is CCNCC(C)NCc1ccc(F)c(F)c1. The molecule has 16 heavy (non-hydrogen) atoms. The van der Waals surface area contributed by atoms with Gasteiger partial charge >= 0.3 is 0 Å². The van der Waals surface area contributed by atoms with Gasteiger partial charge in [0.1, 0.15) is 0 Å². The molecule has 0 spiro atoms. The maximum atomic E-state index is 12.9. The molecule has 0 fully saturated rings. The molecular weight excluding hydrogens is 210 g/mol. The first-order chi connectivity index (χ1) is 7.63. The van der Waals surface area contributed by atoms with Crippen molar-refractivity contribution in [3.05, 3.63) is 35.4 Å². The highest BCUT2D eigenvalue weighted by molar-refractivity contribution is 5.17. The molecule has 1 atom stereocenters. The third kappa shape index (κ3) is 4.24. The highest BCUT2D eigenvalue weighted by atomic mass is 19.2. The second-order valence-corrected chi connectivity index (χ2v) is 3.84. The lowest BCUT2D eigenvalue weighted by Crippen LogP contribution is -2.35. The third-order valence-corrected chi connectivity index (χ3v) is 2.34. The van der Waals surface area contributed by atoms with Crippen molar-refractivity contribution in [3.8, 4) is 0 Å². The molecule has 0 aliphatic heterocycles. The number of nitrogens with one attached hydrogen (secondary N) is 2. The average molecular weight is 228 g/mol. The van der Waals surface area contributed by atoms with Crippen molar-refractivity contribution in [2.75, 3.05) is 13.1 Å². The minimum Gasteiger partial charge on any atom is -0.315 e. The van der Waals surface area contributed by atoms with E-state index in [1.165, 1.54) is 6.07 Å². The Balaban J connectivity index is 2.39. The number of hydrogen-bond acceptors (Lipinski definition) is 2. The van der Waals surface area contributed by atoms with Crippen LogP contribution in [0.25, 0.3) is 0 Å². The minimum absolute atomic E-state index is 0.299. The summed E-state index contributed by atoms with van der Waals surface area (Å²) < 4.78 is 25.5. The standard InChI is InChI=1S/C12H18F2N2/c1-3-15-7-9(2)16-8-10-4-5-11(13)12(14)6-10/h4-6,9,15-16H,3,7-8H2,1-2H3. The Morgan fingerprint density at radius 2 is 2.00 bits per heavy atom. The minimum atomic E-state index is -0.801. The fourth-order valence-electron chi connectivity index (χ4n) is 1.37. The van der Waals surface area contributed by atoms with E-state index in [0.717, 1.165) is 24.7 Å². The average Bonchev–Trinajstić information content (AvgIpc) is 2.28. The lowest BCUT2D eigenvalue weighted by Gasteiger charge is -2.14. The maximum Gasteiger partial charge on any atom is 0.159 e. The molecule has 2 nitrogen and oxygen atoms in total. The molecule has 0 aliphatic carbocycles. The van der Waals surface area contributed by atoms with E-state index in [4.69, 9.17) is 0 Å². The summed E-state index contributed by atoms with van der Waals surface area (Å²) in [5, 5.41) is 6.44. The van der Waals surface area contributed by atoms with Crippen molar-refractivity contribution in [2.45, 2.75) is 26.4 Å². The van der Waals surface area contributed by atoms with E-state index in [1.54, 1.807) is 6.07 Å². The highest BCUT2D eigenvalue weighted by Crippen LogP contribution is 2.08. The fourth-order valence-corrected chi connectivity index (χ4v) is 1.37. The zero-order chi connectivity index (χ0) is 12.0. The van der Waals surface area contributed by atoms with Crippen molar-refractivity contribution in [1.82, 2.24) is 10.6 Å². The van der Waals surface area contributed by atoms with Gasteiger partial charge in [0.2, 0.25) is 0 Å². The van der Waals surface area contributed by atoms with Gasteiger partial charge in [0.25, 0.3) is 0 Å². The number of halogens is 2. The van der Waals surface area contributed by atoms with Crippen LogP contribution in [-0.2, 0) is 6.54 Å². The van der Waals surface area contributed by atoms with E-state index in [2.05, 4.69) is 10.6 Å². The van der Waals surface area contributed by atoms with E-state index in [-0.39, 0.29) is 0 Å². The van der Waals surface area contributed by atoms with Crippen LogP contribution in [0.2, 0.25) is 0 Å². The summed E-state index contributed by atoms with van der Waals surface area (Å²) >= 11 is 0. The maximum absolute atomic E-state index is 12.9. The van der Waals surface area contributed by atoms with Gasteiger partial charge in [0, 0.05) is 19.1 Å². The van der Waals surface area contributed by atoms with Gasteiger partial charge in [-0.25, -0.2) is 8.78 Å². The Bertz CT molecular complexity index is 329. The summed E-state index contributed by atoms with van der Waals surface area (Å²) in [7, 11) is 0. The zero-order valence-corrected chi connectivity index (χ0v) is 9.69. The van der Waals surface area contributed by atoms with Crippen LogP contribution in [0.4, 0.5) is 8.78 Å². The van der Waals surface area contributed by atoms with Gasteiger partial charge in [0.05, 0.1) is 0 Å². The molecule has 0 aliphatic rings. The van der Waals surface area contributed by atoms with Gasteiger partial charge < -0.3 is 10.6 Å². The first kappa shape index (κ1) is 13.1. The Hall–Kier alpha value is -1.00. The molecule has 0 radical (unpaired) electrons. The molecule has 2 N–H and O–H groups in total. The van der Waals surface area contributed by atoms with Gasteiger partial charge in [0.15, 0.2) is 11.6 Å². The van der Waals surface area contributed by atoms with Gasteiger partial charge in [-0.05, 0) is 31.2 Å². The summed E-state index contributed by atoms with van der Waals surface area (Å²) in [6, 6.07) is 4.27. The van der Waals surface area contributed by atoms with E-state index in [9.17, 15) is 8.78 Å². The van der Waals surface area contributed by atoms with E-state index >= 15 is 0 Å². The van der Waals surface area contributed by atoms with Crippen molar-refractivity contribution >= 4 is 0 Å². The second kappa shape index (κ2) is 6.55. The quantitative estimate of drug-likeness (QED) is 0.778. The number of benzene rings is 1. The first-order valence-corrected chi connectivity index (χ1v) is 5.51. The Morgan fingerprint density at radius 1 is 1.25 bits per heavy atom. The summed E-state index contributed by atoms with van der Waals surface area (Å²) in [5.41, 5.74) is 0.752. The molecule has 1 rings (SSSR count). The van der Waals surface area contributed by atoms with Crippen LogP contribution in [0.3, 0.4) is 0 Å². The molecule has 1 unspecified atom stereocenters. The number of rotatable bonds is 6. The molecular formula is C12H18F2N2. The lowest BCUT2D eigenvalue weighted by molar-refractivity contribution is 0.495. The molecule has 1 aromatic rings. The van der Waals surface area contributed by atoms with Crippen LogP contribution in [0.15, 0.2) is 18.2 Å². The molecule has 1 aromatic carbocycles. The van der Waals surface area contributed by atoms with Crippen molar-refractivity contribution in [2.24, 2.45) is 0 Å². The fraction of sp³-hybridized carbons (Fsp3) is 0.500. The molecule has 0 amide bonds. The molecule has 0 heterocycles. The predicted molar refractivity (Wildman–Crippen MR) is 61.2 cm³/mol. The zero-order valence-electron chi connectivity index (χ0n) is 9.69. The monoisotopic (exact) mass is 228 g/mol. The topological polar surface area (TPSA) is 24.1 Å². The number of likely N-dealkylation sites (N-methyl/N-ethyl adjacent to an activating group) is 1. The molecule has 0 saturated heterocycles. The Labute approximate surface area is 95.1 Å². The molecule has 90 valence electrons. The van der Waals surface area contributed by atoms with E-state index in [0.29, 0.717) is 12.6 Å². The van der Waals surface area contributed by atoms with Crippen molar-refractivity contribution in [1.29, 1.82) is 0 Å². The van der Waals surface area contributed by atoms with E-state index in [1.807, 2.05) is 13.8 Å². The molecule has 0 bridgehead atoms. The van der Waals surface area contributed by atoms with Crippen LogP contribution in [0, 0.1) is 11.6 Å². The van der Waals surface area contributed by atoms with E-state index < -0.39 is 11.6 Å². The van der Waals surface area contributed by atoms with Crippen LogP contribution >= 0.6 is 0 Å². The van der Waals surface area contributed by atoms with Crippen molar-refractivity contribution < 1.29 is 8.78 Å². The molecule has 0 aromatic heterocycles. The summed E-state index contributed by atoms with van der Waals surface area (Å²) in [6.45, 7) is 6.42. The summed E-state index contributed by atoms with van der Waals surface area (Å²) in [4.78, 5) is 0. The van der Waals surface area contributed by atoms with Gasteiger partial charge in [-0.1, -0.05) is 13.0 Å². The van der Waals surface area contributed by atoms with Crippen LogP contribution < -0.4 is 10.6 Å². The van der Waals surface area contributed by atoms with Crippen LogP contribution in [0.5, 0.6) is 0 Å². The summed E-state index contributed by atoms with van der Waals surface area (Å²) in [5.74, 6) is -1.59. The van der Waals surface area contributed by atoms with Crippen LogP contribution in [-0.4, -0.2) is 19.1 Å². The normalized spacial score (nSPS) is 12.8. The van der Waals surface area contributed by atoms with Crippen molar-refractivity contribution in [3.63, 3.8) is 0 Å². The van der Waals surface area contributed by atoms with Gasteiger partial charge in [-0.2, -0.15) is 0 Å².